The van der Waals surface area contributed by atoms with E-state index in [1.54, 1.807) is 12.4 Å². The molecule has 1 atom stereocenters. The van der Waals surface area contributed by atoms with Gasteiger partial charge >= 0.3 is 0 Å². The molecule has 4 rings (SSSR count). The third-order valence-electron chi connectivity index (χ3n) is 6.58. The van der Waals surface area contributed by atoms with Gasteiger partial charge in [-0.1, -0.05) is 36.8 Å². The van der Waals surface area contributed by atoms with E-state index in [9.17, 15) is 9.59 Å². The number of rotatable bonds is 7. The first-order valence-corrected chi connectivity index (χ1v) is 10.6. The van der Waals surface area contributed by atoms with Gasteiger partial charge in [-0.15, -0.1) is 0 Å². The molecule has 2 aromatic rings. The van der Waals surface area contributed by atoms with Gasteiger partial charge in [0.05, 0.1) is 5.92 Å². The number of nitrogens with zero attached hydrogens (tertiary/aromatic N) is 2. The first-order chi connectivity index (χ1) is 14.2. The monoisotopic (exact) mass is 391 g/mol. The normalized spacial score (nSPS) is 19.7. The quantitative estimate of drug-likeness (QED) is 0.787. The lowest BCUT2D eigenvalue weighted by Gasteiger charge is -2.41. The highest BCUT2D eigenvalue weighted by Gasteiger charge is 2.54. The van der Waals surface area contributed by atoms with Gasteiger partial charge in [0, 0.05) is 43.9 Å². The lowest BCUT2D eigenvalue weighted by Crippen LogP contribution is -2.45. The smallest absolute Gasteiger partial charge is 0.225 e. The van der Waals surface area contributed by atoms with Gasteiger partial charge < -0.3 is 10.2 Å². The van der Waals surface area contributed by atoms with Gasteiger partial charge in [0.25, 0.3) is 0 Å². The van der Waals surface area contributed by atoms with Crippen LogP contribution in [0.15, 0.2) is 54.9 Å². The number of nitrogens with one attached hydrogen (secondary N) is 1. The molecule has 2 heterocycles. The van der Waals surface area contributed by atoms with E-state index in [1.165, 1.54) is 5.56 Å². The summed E-state index contributed by atoms with van der Waals surface area (Å²) in [5.41, 5.74) is 2.31. The lowest BCUT2D eigenvalue weighted by atomic mass is 9.62. The number of carbonyl (C=O) groups excluding carboxylic acids is 2. The Morgan fingerprint density at radius 3 is 2.52 bits per heavy atom. The van der Waals surface area contributed by atoms with Crippen LogP contribution in [0.5, 0.6) is 0 Å². The molecular formula is C24H29N3O2. The van der Waals surface area contributed by atoms with Crippen LogP contribution >= 0.6 is 0 Å². The van der Waals surface area contributed by atoms with E-state index in [0.29, 0.717) is 19.5 Å². The van der Waals surface area contributed by atoms with Crippen LogP contribution in [0.1, 0.15) is 43.2 Å². The van der Waals surface area contributed by atoms with Crippen molar-refractivity contribution in [1.82, 2.24) is 15.2 Å². The van der Waals surface area contributed by atoms with Gasteiger partial charge in [0.15, 0.2) is 0 Å². The summed E-state index contributed by atoms with van der Waals surface area (Å²) in [6.45, 7) is 1.82. The SMILES string of the molecule is O=C(NCc1ccncc1)C1CN(C(=O)CCCc2ccccc2)CC12CCC2. The second-order valence-electron chi connectivity index (χ2n) is 8.46. The summed E-state index contributed by atoms with van der Waals surface area (Å²) < 4.78 is 0. The Labute approximate surface area is 172 Å². The van der Waals surface area contributed by atoms with Crippen molar-refractivity contribution in [3.05, 3.63) is 66.0 Å². The van der Waals surface area contributed by atoms with Crippen molar-refractivity contribution in [2.45, 2.75) is 45.1 Å². The van der Waals surface area contributed by atoms with Crippen LogP contribution in [0.2, 0.25) is 0 Å². The number of carbonyl (C=O) groups is 2. The molecule has 1 spiro atoms. The Bertz CT molecular complexity index is 834. The molecule has 1 aromatic carbocycles. The number of likely N-dealkylation sites (tertiary alicyclic amines) is 1. The number of hydrogen-bond donors (Lipinski definition) is 1. The van der Waals surface area contributed by atoms with Crippen LogP contribution in [0.3, 0.4) is 0 Å². The largest absolute Gasteiger partial charge is 0.352 e. The van der Waals surface area contributed by atoms with Gasteiger partial charge in [0.2, 0.25) is 11.8 Å². The summed E-state index contributed by atoms with van der Waals surface area (Å²) in [6.07, 6.45) is 9.05. The zero-order valence-corrected chi connectivity index (χ0v) is 16.8. The van der Waals surface area contributed by atoms with E-state index in [1.807, 2.05) is 35.2 Å². The van der Waals surface area contributed by atoms with E-state index >= 15 is 0 Å². The van der Waals surface area contributed by atoms with Crippen LogP contribution < -0.4 is 5.32 Å². The molecule has 1 saturated carbocycles. The van der Waals surface area contributed by atoms with E-state index in [4.69, 9.17) is 0 Å². The Balaban J connectivity index is 1.31. The fourth-order valence-electron chi connectivity index (χ4n) is 4.72. The molecule has 29 heavy (non-hydrogen) atoms. The molecule has 1 aromatic heterocycles. The number of amides is 2. The van der Waals surface area contributed by atoms with Gasteiger partial charge in [-0.3, -0.25) is 14.6 Å². The molecule has 2 amide bonds. The summed E-state index contributed by atoms with van der Waals surface area (Å²) >= 11 is 0. The Morgan fingerprint density at radius 1 is 1.07 bits per heavy atom. The first kappa shape index (κ1) is 19.6. The van der Waals surface area contributed by atoms with E-state index in [0.717, 1.165) is 44.2 Å². The van der Waals surface area contributed by atoms with Crippen LogP contribution in [-0.2, 0) is 22.6 Å². The van der Waals surface area contributed by atoms with Gasteiger partial charge in [-0.2, -0.15) is 0 Å². The minimum Gasteiger partial charge on any atom is -0.352 e. The number of pyridine rings is 1. The summed E-state index contributed by atoms with van der Waals surface area (Å²) in [5.74, 6) is 0.189. The third-order valence-corrected chi connectivity index (χ3v) is 6.58. The molecule has 1 N–H and O–H groups in total. The minimum atomic E-state index is -0.0869. The average Bonchev–Trinajstić information content (AvgIpc) is 3.15. The number of benzene rings is 1. The van der Waals surface area contributed by atoms with Crippen molar-refractivity contribution in [2.75, 3.05) is 13.1 Å². The Hall–Kier alpha value is -2.69. The highest BCUT2D eigenvalue weighted by Crippen LogP contribution is 2.51. The number of aromatic nitrogens is 1. The molecule has 152 valence electrons. The predicted molar refractivity (Wildman–Crippen MR) is 112 cm³/mol. The summed E-state index contributed by atoms with van der Waals surface area (Å²) in [7, 11) is 0. The highest BCUT2D eigenvalue weighted by atomic mass is 16.2. The van der Waals surface area contributed by atoms with Gasteiger partial charge in [-0.25, -0.2) is 0 Å². The van der Waals surface area contributed by atoms with Crippen LogP contribution in [0.4, 0.5) is 0 Å². The Morgan fingerprint density at radius 2 is 1.83 bits per heavy atom. The maximum Gasteiger partial charge on any atom is 0.225 e. The van der Waals surface area contributed by atoms with Gasteiger partial charge in [-0.05, 0) is 48.9 Å². The maximum atomic E-state index is 12.9. The molecule has 1 aliphatic heterocycles. The minimum absolute atomic E-state index is 0.00256. The van der Waals surface area contributed by atoms with E-state index in [-0.39, 0.29) is 23.1 Å². The molecule has 0 bridgehead atoms. The van der Waals surface area contributed by atoms with Gasteiger partial charge in [0.1, 0.15) is 0 Å². The number of aryl methyl sites for hydroxylation is 1. The predicted octanol–water partition coefficient (Wildman–Crippen LogP) is 3.35. The number of hydrogen-bond acceptors (Lipinski definition) is 3. The van der Waals surface area contributed by atoms with Crippen LogP contribution in [0.25, 0.3) is 0 Å². The van der Waals surface area contributed by atoms with Crippen molar-refractivity contribution >= 4 is 11.8 Å². The van der Waals surface area contributed by atoms with E-state index < -0.39 is 0 Å². The average molecular weight is 392 g/mol. The Kier molecular flexibility index (Phi) is 5.93. The summed E-state index contributed by atoms with van der Waals surface area (Å²) in [6, 6.07) is 14.1. The zero-order chi connectivity index (χ0) is 20.1. The second kappa shape index (κ2) is 8.76. The molecule has 2 aliphatic rings. The van der Waals surface area contributed by atoms with Crippen molar-refractivity contribution in [2.24, 2.45) is 11.3 Å². The molecule has 1 unspecified atom stereocenters. The van der Waals surface area contributed by atoms with Crippen molar-refractivity contribution < 1.29 is 9.59 Å². The standard InChI is InChI=1S/C24H29N3O2/c28-22(9-4-8-19-6-2-1-3-7-19)27-17-21(24(18-27)12-5-13-24)23(29)26-16-20-10-14-25-15-11-20/h1-3,6-7,10-11,14-15,21H,4-5,8-9,12-13,16-18H2,(H,26,29). The first-order valence-electron chi connectivity index (χ1n) is 10.6. The highest BCUT2D eigenvalue weighted by molar-refractivity contribution is 5.83. The van der Waals surface area contributed by atoms with Crippen molar-refractivity contribution in [1.29, 1.82) is 0 Å². The fourth-order valence-corrected chi connectivity index (χ4v) is 4.72. The topological polar surface area (TPSA) is 62.3 Å². The maximum absolute atomic E-state index is 12.9. The van der Waals surface area contributed by atoms with Crippen LogP contribution in [-0.4, -0.2) is 34.8 Å². The second-order valence-corrected chi connectivity index (χ2v) is 8.46. The molecule has 5 nitrogen and oxygen atoms in total. The fraction of sp³-hybridized carbons (Fsp3) is 0.458. The van der Waals surface area contributed by atoms with Crippen molar-refractivity contribution in [3.8, 4) is 0 Å². The van der Waals surface area contributed by atoms with Crippen molar-refractivity contribution in [3.63, 3.8) is 0 Å². The lowest BCUT2D eigenvalue weighted by molar-refractivity contribution is -0.130. The van der Waals surface area contributed by atoms with E-state index in [2.05, 4.69) is 22.4 Å². The summed E-state index contributed by atoms with van der Waals surface area (Å²) in [4.78, 5) is 31.7. The third kappa shape index (κ3) is 4.50. The summed E-state index contributed by atoms with van der Waals surface area (Å²) in [5, 5.41) is 3.08. The molecule has 0 radical (unpaired) electrons. The van der Waals surface area contributed by atoms with Crippen LogP contribution in [0, 0.1) is 11.3 Å². The molecule has 5 heteroatoms. The molecule has 2 fully saturated rings. The molecule has 1 saturated heterocycles. The zero-order valence-electron chi connectivity index (χ0n) is 16.8. The molecule has 1 aliphatic carbocycles. The molecular weight excluding hydrogens is 362 g/mol.